The van der Waals surface area contributed by atoms with Crippen LogP contribution in [0.15, 0.2) is 54.7 Å². The van der Waals surface area contributed by atoms with Crippen LogP contribution in [0.3, 0.4) is 0 Å². The van der Waals surface area contributed by atoms with Crippen molar-refractivity contribution in [3.8, 4) is 0 Å². The highest BCUT2D eigenvalue weighted by molar-refractivity contribution is 14.1. The van der Waals surface area contributed by atoms with Gasteiger partial charge < -0.3 is 10.6 Å². The first-order chi connectivity index (χ1) is 13.8. The maximum atomic E-state index is 13.4. The molecule has 3 aromatic rings. The van der Waals surface area contributed by atoms with E-state index in [1.807, 2.05) is 24.3 Å². The van der Waals surface area contributed by atoms with Gasteiger partial charge in [0.25, 0.3) is 0 Å². The summed E-state index contributed by atoms with van der Waals surface area (Å²) in [6.45, 7) is 2.14. The summed E-state index contributed by atoms with van der Waals surface area (Å²) in [7, 11) is 0. The van der Waals surface area contributed by atoms with Crippen LogP contribution in [0, 0.1) is 3.57 Å². The van der Waals surface area contributed by atoms with E-state index < -0.39 is 11.7 Å². The number of hydrogen-bond acceptors (Lipinski definition) is 4. The largest absolute Gasteiger partial charge is 0.421 e. The van der Waals surface area contributed by atoms with Gasteiger partial charge in [-0.2, -0.15) is 18.2 Å². The summed E-state index contributed by atoms with van der Waals surface area (Å²) in [4.78, 5) is 7.91. The molecule has 0 unspecified atom stereocenters. The molecule has 0 saturated heterocycles. The third kappa shape index (κ3) is 6.06. The van der Waals surface area contributed by atoms with Gasteiger partial charge >= 0.3 is 6.18 Å². The molecule has 1 heterocycles. The minimum absolute atomic E-state index is 0.0901. The van der Waals surface area contributed by atoms with Crippen LogP contribution in [0.4, 0.5) is 36.3 Å². The molecule has 0 fully saturated rings. The SMILES string of the molecule is CCCCc1ccc(Nc2ncc(C(F)(F)F)c(Nc3ccc(I)cc3)n2)cc1. The highest BCUT2D eigenvalue weighted by Gasteiger charge is 2.35. The minimum atomic E-state index is -4.56. The number of benzene rings is 2. The molecule has 0 aliphatic carbocycles. The number of halogens is 4. The molecule has 152 valence electrons. The molecule has 0 atom stereocenters. The van der Waals surface area contributed by atoms with E-state index in [9.17, 15) is 13.2 Å². The zero-order valence-corrected chi connectivity index (χ0v) is 17.9. The predicted octanol–water partition coefficient (Wildman–Crippen LogP) is 6.93. The van der Waals surface area contributed by atoms with Crippen molar-refractivity contribution in [1.82, 2.24) is 9.97 Å². The molecular weight excluding hydrogens is 492 g/mol. The van der Waals surface area contributed by atoms with E-state index in [0.717, 1.165) is 29.0 Å². The van der Waals surface area contributed by atoms with Crippen LogP contribution >= 0.6 is 22.6 Å². The lowest BCUT2D eigenvalue weighted by Gasteiger charge is -2.15. The minimum Gasteiger partial charge on any atom is -0.340 e. The van der Waals surface area contributed by atoms with Gasteiger partial charge in [-0.3, -0.25) is 0 Å². The van der Waals surface area contributed by atoms with E-state index >= 15 is 0 Å². The molecule has 0 radical (unpaired) electrons. The van der Waals surface area contributed by atoms with Crippen LogP contribution in [0.25, 0.3) is 0 Å². The number of aromatic nitrogens is 2. The maximum absolute atomic E-state index is 13.4. The molecule has 8 heteroatoms. The van der Waals surface area contributed by atoms with Crippen molar-refractivity contribution >= 4 is 45.7 Å². The average molecular weight is 512 g/mol. The molecule has 3 rings (SSSR count). The first-order valence-corrected chi connectivity index (χ1v) is 10.3. The zero-order valence-electron chi connectivity index (χ0n) is 15.7. The lowest BCUT2D eigenvalue weighted by Crippen LogP contribution is -2.12. The lowest BCUT2D eigenvalue weighted by molar-refractivity contribution is -0.137. The first-order valence-electron chi connectivity index (χ1n) is 9.18. The fourth-order valence-electron chi connectivity index (χ4n) is 2.68. The van der Waals surface area contributed by atoms with Crippen LogP contribution in [-0.2, 0) is 12.6 Å². The van der Waals surface area contributed by atoms with Crippen molar-refractivity contribution in [2.24, 2.45) is 0 Å². The highest BCUT2D eigenvalue weighted by atomic mass is 127. The second kappa shape index (κ2) is 9.43. The molecule has 29 heavy (non-hydrogen) atoms. The van der Waals surface area contributed by atoms with Gasteiger partial charge in [-0.15, -0.1) is 0 Å². The fraction of sp³-hybridized carbons (Fsp3) is 0.238. The van der Waals surface area contributed by atoms with Crippen LogP contribution in [0.5, 0.6) is 0 Å². The van der Waals surface area contributed by atoms with E-state index in [-0.39, 0.29) is 11.8 Å². The number of nitrogens with zero attached hydrogens (tertiary/aromatic N) is 2. The van der Waals surface area contributed by atoms with Gasteiger partial charge in [0.2, 0.25) is 5.95 Å². The summed E-state index contributed by atoms with van der Waals surface area (Å²) < 4.78 is 41.1. The van der Waals surface area contributed by atoms with E-state index in [1.54, 1.807) is 24.3 Å². The molecule has 0 bridgehead atoms. The van der Waals surface area contributed by atoms with E-state index in [1.165, 1.54) is 5.56 Å². The molecule has 1 aromatic heterocycles. The molecule has 0 aliphatic heterocycles. The van der Waals surface area contributed by atoms with Crippen LogP contribution < -0.4 is 10.6 Å². The molecule has 2 aromatic carbocycles. The topological polar surface area (TPSA) is 49.8 Å². The van der Waals surface area contributed by atoms with Crippen molar-refractivity contribution in [3.63, 3.8) is 0 Å². The molecule has 0 saturated carbocycles. The summed E-state index contributed by atoms with van der Waals surface area (Å²) in [6, 6.07) is 14.7. The van der Waals surface area contributed by atoms with Crippen molar-refractivity contribution in [1.29, 1.82) is 0 Å². The van der Waals surface area contributed by atoms with Gasteiger partial charge in [0.05, 0.1) is 0 Å². The van der Waals surface area contributed by atoms with Crippen LogP contribution in [-0.4, -0.2) is 9.97 Å². The molecule has 0 aliphatic rings. The number of alkyl halides is 3. The van der Waals surface area contributed by atoms with Gasteiger partial charge in [-0.1, -0.05) is 25.5 Å². The van der Waals surface area contributed by atoms with Gasteiger partial charge in [-0.05, 0) is 77.4 Å². The Morgan fingerprint density at radius 1 is 0.931 bits per heavy atom. The molecule has 2 N–H and O–H groups in total. The monoisotopic (exact) mass is 512 g/mol. The quantitative estimate of drug-likeness (QED) is 0.337. The number of rotatable bonds is 7. The Balaban J connectivity index is 1.83. The third-order valence-corrected chi connectivity index (χ3v) is 4.95. The highest BCUT2D eigenvalue weighted by Crippen LogP contribution is 2.35. The van der Waals surface area contributed by atoms with E-state index in [4.69, 9.17) is 0 Å². The number of anilines is 4. The van der Waals surface area contributed by atoms with Gasteiger partial charge in [-0.25, -0.2) is 4.98 Å². The van der Waals surface area contributed by atoms with Crippen molar-refractivity contribution < 1.29 is 13.2 Å². The third-order valence-electron chi connectivity index (χ3n) is 4.23. The molecule has 0 spiro atoms. The van der Waals surface area contributed by atoms with Gasteiger partial charge in [0, 0.05) is 21.1 Å². The van der Waals surface area contributed by atoms with E-state index in [2.05, 4.69) is 50.1 Å². The Labute approximate surface area is 181 Å². The Hall–Kier alpha value is -2.36. The standard InChI is InChI=1S/C21H20F3IN4/c1-2-3-4-14-5-9-17(10-6-14)28-20-26-13-18(21(22,23)24)19(29-20)27-16-11-7-15(25)8-12-16/h5-13H,2-4H2,1H3,(H2,26,27,28,29). The summed E-state index contributed by atoms with van der Waals surface area (Å²) in [5.74, 6) is -0.205. The first kappa shape index (κ1) is 21.4. The van der Waals surface area contributed by atoms with Crippen molar-refractivity contribution in [2.45, 2.75) is 32.4 Å². The fourth-order valence-corrected chi connectivity index (χ4v) is 3.04. The average Bonchev–Trinajstić information content (AvgIpc) is 2.68. The molecule has 0 amide bonds. The number of aryl methyl sites for hydroxylation is 1. The zero-order chi connectivity index (χ0) is 20.9. The number of hydrogen-bond donors (Lipinski definition) is 2. The van der Waals surface area contributed by atoms with Gasteiger partial charge in [0.1, 0.15) is 11.4 Å². The van der Waals surface area contributed by atoms with Crippen LogP contribution in [0.1, 0.15) is 30.9 Å². The second-order valence-corrected chi connectivity index (χ2v) is 7.76. The Morgan fingerprint density at radius 3 is 2.17 bits per heavy atom. The number of nitrogens with one attached hydrogen (secondary N) is 2. The van der Waals surface area contributed by atoms with E-state index in [0.29, 0.717) is 11.4 Å². The normalized spacial score (nSPS) is 11.3. The van der Waals surface area contributed by atoms with Crippen molar-refractivity contribution in [3.05, 3.63) is 69.4 Å². The summed E-state index contributed by atoms with van der Waals surface area (Å²) in [5, 5.41) is 5.72. The lowest BCUT2D eigenvalue weighted by atomic mass is 10.1. The summed E-state index contributed by atoms with van der Waals surface area (Å²) in [5.41, 5.74) is 1.52. The van der Waals surface area contributed by atoms with Gasteiger partial charge in [0.15, 0.2) is 0 Å². The van der Waals surface area contributed by atoms with Crippen LogP contribution in [0.2, 0.25) is 0 Å². The summed E-state index contributed by atoms with van der Waals surface area (Å²) in [6.07, 6.45) is -0.541. The Kier molecular flexibility index (Phi) is 6.94. The summed E-state index contributed by atoms with van der Waals surface area (Å²) >= 11 is 2.13. The predicted molar refractivity (Wildman–Crippen MR) is 118 cm³/mol. The molecular formula is C21H20F3IN4. The maximum Gasteiger partial charge on any atom is 0.421 e. The smallest absolute Gasteiger partial charge is 0.340 e. The number of unbranched alkanes of at least 4 members (excludes halogenated alkanes) is 1. The second-order valence-electron chi connectivity index (χ2n) is 6.51. The Bertz CT molecular complexity index is 942. The van der Waals surface area contributed by atoms with Crippen molar-refractivity contribution in [2.75, 3.05) is 10.6 Å². The molecule has 4 nitrogen and oxygen atoms in total. The Morgan fingerprint density at radius 2 is 1.55 bits per heavy atom.